The standard InChI is InChI=1S/C14H19NO2.C2H6/c1-17-14-7-5-11(6-8-14)10-15-12-3-2-4-13(16)9-12;1-2/h5-8,10,12-13,16H,2-4,9H2,1H3;1-2H3. The zero-order chi connectivity index (χ0) is 14.1. The summed E-state index contributed by atoms with van der Waals surface area (Å²) in [5.74, 6) is 0.857. The summed E-state index contributed by atoms with van der Waals surface area (Å²) in [6.45, 7) is 4.00. The number of ether oxygens (including phenoxy) is 1. The highest BCUT2D eigenvalue weighted by molar-refractivity contribution is 5.79. The van der Waals surface area contributed by atoms with Crippen LogP contribution in [0, 0.1) is 0 Å². The lowest BCUT2D eigenvalue weighted by molar-refractivity contribution is 0.121. The third-order valence-corrected chi connectivity index (χ3v) is 3.17. The minimum absolute atomic E-state index is 0.165. The Kier molecular flexibility index (Phi) is 7.19. The normalized spacial score (nSPS) is 22.7. The van der Waals surface area contributed by atoms with Gasteiger partial charge in [0.1, 0.15) is 5.75 Å². The van der Waals surface area contributed by atoms with Crippen molar-refractivity contribution in [3.05, 3.63) is 29.8 Å². The number of aliphatic hydroxyl groups excluding tert-OH is 1. The van der Waals surface area contributed by atoms with Crippen LogP contribution in [0.1, 0.15) is 45.1 Å². The average molecular weight is 263 g/mol. The molecule has 1 aliphatic rings. The molecular formula is C16H25NO2. The molecule has 2 rings (SSSR count). The summed E-state index contributed by atoms with van der Waals surface area (Å²) in [6.07, 6.45) is 5.61. The summed E-state index contributed by atoms with van der Waals surface area (Å²) in [4.78, 5) is 4.53. The van der Waals surface area contributed by atoms with Crippen LogP contribution in [0.2, 0.25) is 0 Å². The number of rotatable bonds is 3. The highest BCUT2D eigenvalue weighted by atomic mass is 16.5. The summed E-state index contributed by atoms with van der Waals surface area (Å²) in [7, 11) is 1.66. The summed E-state index contributed by atoms with van der Waals surface area (Å²) in [6, 6.07) is 8.11. The van der Waals surface area contributed by atoms with Crippen molar-refractivity contribution in [1.82, 2.24) is 0 Å². The van der Waals surface area contributed by atoms with Crippen molar-refractivity contribution >= 4 is 6.21 Å². The van der Waals surface area contributed by atoms with Gasteiger partial charge in [0.2, 0.25) is 0 Å². The van der Waals surface area contributed by atoms with Crippen molar-refractivity contribution < 1.29 is 9.84 Å². The zero-order valence-electron chi connectivity index (χ0n) is 12.2. The van der Waals surface area contributed by atoms with Gasteiger partial charge in [0.05, 0.1) is 19.3 Å². The highest BCUT2D eigenvalue weighted by Gasteiger charge is 2.18. The van der Waals surface area contributed by atoms with E-state index in [-0.39, 0.29) is 12.1 Å². The smallest absolute Gasteiger partial charge is 0.118 e. The summed E-state index contributed by atoms with van der Waals surface area (Å²) >= 11 is 0. The van der Waals surface area contributed by atoms with E-state index in [4.69, 9.17) is 4.74 Å². The molecule has 1 fully saturated rings. The molecule has 0 spiro atoms. The van der Waals surface area contributed by atoms with Crippen LogP contribution in [0.4, 0.5) is 0 Å². The summed E-state index contributed by atoms with van der Waals surface area (Å²) < 4.78 is 5.10. The first-order valence-corrected chi connectivity index (χ1v) is 7.13. The number of hydrogen-bond donors (Lipinski definition) is 1. The van der Waals surface area contributed by atoms with Gasteiger partial charge in [0.25, 0.3) is 0 Å². The Morgan fingerprint density at radius 2 is 1.89 bits per heavy atom. The van der Waals surface area contributed by atoms with E-state index in [9.17, 15) is 5.11 Å². The third-order valence-electron chi connectivity index (χ3n) is 3.17. The SMILES string of the molecule is CC.COc1ccc(C=NC2CCCC(O)C2)cc1. The fourth-order valence-electron chi connectivity index (χ4n) is 2.16. The fourth-order valence-corrected chi connectivity index (χ4v) is 2.16. The molecule has 1 aliphatic carbocycles. The van der Waals surface area contributed by atoms with Crippen LogP contribution in [-0.4, -0.2) is 30.6 Å². The van der Waals surface area contributed by atoms with Crippen LogP contribution in [0.25, 0.3) is 0 Å². The molecule has 0 radical (unpaired) electrons. The number of aliphatic hydroxyl groups is 1. The molecule has 0 saturated heterocycles. The molecule has 3 heteroatoms. The lowest BCUT2D eigenvalue weighted by atomic mass is 9.93. The lowest BCUT2D eigenvalue weighted by Gasteiger charge is -2.22. The van der Waals surface area contributed by atoms with E-state index in [0.717, 1.165) is 37.0 Å². The molecule has 0 aliphatic heterocycles. The number of hydrogen-bond acceptors (Lipinski definition) is 3. The van der Waals surface area contributed by atoms with Crippen LogP contribution in [-0.2, 0) is 0 Å². The first-order chi connectivity index (χ1) is 9.28. The maximum Gasteiger partial charge on any atom is 0.118 e. The van der Waals surface area contributed by atoms with Crippen molar-refractivity contribution in [1.29, 1.82) is 0 Å². The number of methoxy groups -OCH3 is 1. The predicted octanol–water partition coefficient (Wildman–Crippen LogP) is 3.44. The third kappa shape index (κ3) is 5.43. The van der Waals surface area contributed by atoms with Gasteiger partial charge in [-0.1, -0.05) is 13.8 Å². The molecular weight excluding hydrogens is 238 g/mol. The monoisotopic (exact) mass is 263 g/mol. The minimum Gasteiger partial charge on any atom is -0.497 e. The van der Waals surface area contributed by atoms with Gasteiger partial charge in [0, 0.05) is 6.21 Å². The number of aliphatic imine (C=N–C) groups is 1. The summed E-state index contributed by atoms with van der Waals surface area (Å²) in [5, 5.41) is 9.55. The van der Waals surface area contributed by atoms with Crippen LogP contribution >= 0.6 is 0 Å². The van der Waals surface area contributed by atoms with E-state index in [2.05, 4.69) is 4.99 Å². The Labute approximate surface area is 116 Å². The lowest BCUT2D eigenvalue weighted by Crippen LogP contribution is -2.22. The molecule has 0 amide bonds. The molecule has 1 saturated carbocycles. The number of benzene rings is 1. The molecule has 1 aromatic carbocycles. The highest BCUT2D eigenvalue weighted by Crippen LogP contribution is 2.21. The molecule has 0 bridgehead atoms. The average Bonchev–Trinajstić information content (AvgIpc) is 2.48. The second-order valence-electron chi connectivity index (χ2n) is 4.53. The molecule has 1 aromatic rings. The maximum absolute atomic E-state index is 9.55. The Hall–Kier alpha value is -1.35. The van der Waals surface area contributed by atoms with Crippen LogP contribution in [0.5, 0.6) is 5.75 Å². The Bertz CT molecular complexity index is 373. The van der Waals surface area contributed by atoms with Gasteiger partial charge < -0.3 is 9.84 Å². The molecule has 0 aromatic heterocycles. The van der Waals surface area contributed by atoms with E-state index in [1.165, 1.54) is 0 Å². The van der Waals surface area contributed by atoms with Gasteiger partial charge in [-0.05, 0) is 55.5 Å². The van der Waals surface area contributed by atoms with E-state index in [1.54, 1.807) is 7.11 Å². The van der Waals surface area contributed by atoms with Crippen LogP contribution in [0.3, 0.4) is 0 Å². The van der Waals surface area contributed by atoms with Crippen LogP contribution in [0.15, 0.2) is 29.3 Å². The van der Waals surface area contributed by atoms with Crippen molar-refractivity contribution in [2.45, 2.75) is 51.7 Å². The first kappa shape index (κ1) is 15.7. The van der Waals surface area contributed by atoms with Gasteiger partial charge in [-0.15, -0.1) is 0 Å². The van der Waals surface area contributed by atoms with Gasteiger partial charge in [-0.3, -0.25) is 4.99 Å². The molecule has 2 unspecified atom stereocenters. The van der Waals surface area contributed by atoms with E-state index in [0.29, 0.717) is 0 Å². The molecule has 3 nitrogen and oxygen atoms in total. The second-order valence-corrected chi connectivity index (χ2v) is 4.53. The van der Waals surface area contributed by atoms with Crippen molar-refractivity contribution in [2.75, 3.05) is 7.11 Å². The fraction of sp³-hybridized carbons (Fsp3) is 0.562. The Morgan fingerprint density at radius 1 is 1.21 bits per heavy atom. The van der Waals surface area contributed by atoms with Gasteiger partial charge in [-0.2, -0.15) is 0 Å². The Balaban J connectivity index is 0.000000861. The number of nitrogens with zero attached hydrogens (tertiary/aromatic N) is 1. The van der Waals surface area contributed by atoms with Crippen molar-refractivity contribution in [3.8, 4) is 5.75 Å². The molecule has 19 heavy (non-hydrogen) atoms. The van der Waals surface area contributed by atoms with Crippen LogP contribution < -0.4 is 4.74 Å². The Morgan fingerprint density at radius 3 is 2.47 bits per heavy atom. The maximum atomic E-state index is 9.55. The molecule has 2 atom stereocenters. The van der Waals surface area contributed by atoms with E-state index < -0.39 is 0 Å². The molecule has 0 heterocycles. The first-order valence-electron chi connectivity index (χ1n) is 7.13. The zero-order valence-corrected chi connectivity index (χ0v) is 12.2. The topological polar surface area (TPSA) is 41.8 Å². The largest absolute Gasteiger partial charge is 0.497 e. The molecule has 1 N–H and O–H groups in total. The van der Waals surface area contributed by atoms with E-state index >= 15 is 0 Å². The van der Waals surface area contributed by atoms with Gasteiger partial charge >= 0.3 is 0 Å². The van der Waals surface area contributed by atoms with Crippen molar-refractivity contribution in [3.63, 3.8) is 0 Å². The van der Waals surface area contributed by atoms with E-state index in [1.807, 2.05) is 44.3 Å². The van der Waals surface area contributed by atoms with Gasteiger partial charge in [0.15, 0.2) is 0 Å². The quantitative estimate of drug-likeness (QED) is 0.849. The minimum atomic E-state index is -0.165. The predicted molar refractivity (Wildman–Crippen MR) is 80.2 cm³/mol. The van der Waals surface area contributed by atoms with Gasteiger partial charge in [-0.25, -0.2) is 0 Å². The van der Waals surface area contributed by atoms with Crippen molar-refractivity contribution in [2.24, 2.45) is 4.99 Å². The summed E-state index contributed by atoms with van der Waals surface area (Å²) in [5.41, 5.74) is 1.07. The molecule has 106 valence electrons. The second kappa shape index (κ2) is 8.70.